The molecule has 1 saturated heterocycles. The summed E-state index contributed by atoms with van der Waals surface area (Å²) in [7, 11) is -3.53. The second kappa shape index (κ2) is 3.93. The molecule has 6 nitrogen and oxygen atoms in total. The molecule has 1 rings (SSSR count). The Bertz CT molecular complexity index is 281. The highest BCUT2D eigenvalue weighted by Crippen LogP contribution is 2.07. The molecule has 1 fully saturated rings. The lowest BCUT2D eigenvalue weighted by atomic mass is 10.2. The van der Waals surface area contributed by atoms with E-state index in [9.17, 15) is 13.2 Å². The summed E-state index contributed by atoms with van der Waals surface area (Å²) in [5.74, 6) is 0. The van der Waals surface area contributed by atoms with Crippen molar-refractivity contribution >= 4 is 16.2 Å². The summed E-state index contributed by atoms with van der Waals surface area (Å²) in [6, 6.07) is 0. The summed E-state index contributed by atoms with van der Waals surface area (Å²) >= 11 is 0. The maximum absolute atomic E-state index is 10.9. The van der Waals surface area contributed by atoms with E-state index in [0.717, 1.165) is 12.7 Å². The van der Waals surface area contributed by atoms with Crippen LogP contribution in [-0.2, 0) is 19.0 Å². The first kappa shape index (κ1) is 10.3. The zero-order valence-electron chi connectivity index (χ0n) is 7.23. The summed E-state index contributed by atoms with van der Waals surface area (Å²) in [5, 5.41) is 0. The molecule has 0 atom stereocenters. The van der Waals surface area contributed by atoms with E-state index in [-0.39, 0.29) is 0 Å². The smallest absolute Gasteiger partial charge is 0.411 e. The van der Waals surface area contributed by atoms with Gasteiger partial charge in [0.15, 0.2) is 0 Å². The van der Waals surface area contributed by atoms with Crippen LogP contribution < -0.4 is 0 Å². The Morgan fingerprint density at radius 3 is 2.46 bits per heavy atom. The van der Waals surface area contributed by atoms with E-state index in [1.807, 2.05) is 0 Å². The molecule has 0 aliphatic carbocycles. The van der Waals surface area contributed by atoms with Crippen LogP contribution in [-0.4, -0.2) is 45.5 Å². The van der Waals surface area contributed by atoms with Gasteiger partial charge in [0.1, 0.15) is 0 Å². The normalized spacial score (nSPS) is 16.5. The maximum Gasteiger partial charge on any atom is 0.411 e. The van der Waals surface area contributed by atoms with Crippen LogP contribution in [0.2, 0.25) is 0 Å². The molecule has 1 amide bonds. The maximum atomic E-state index is 10.9. The molecule has 0 aromatic carbocycles. The van der Waals surface area contributed by atoms with Crippen LogP contribution in [0.25, 0.3) is 0 Å². The van der Waals surface area contributed by atoms with Crippen molar-refractivity contribution in [2.75, 3.05) is 26.1 Å². The topological polar surface area (TPSA) is 72.9 Å². The predicted molar refractivity (Wildman–Crippen MR) is 43.5 cm³/mol. The van der Waals surface area contributed by atoms with Crippen molar-refractivity contribution in [3.8, 4) is 0 Å². The van der Waals surface area contributed by atoms with Crippen molar-refractivity contribution in [3.63, 3.8) is 0 Å². The van der Waals surface area contributed by atoms with Gasteiger partial charge in [-0.1, -0.05) is 0 Å². The van der Waals surface area contributed by atoms with Crippen LogP contribution in [0.5, 0.6) is 0 Å². The van der Waals surface area contributed by atoms with Crippen molar-refractivity contribution in [3.05, 3.63) is 0 Å². The Morgan fingerprint density at radius 1 is 1.46 bits per heavy atom. The average Bonchev–Trinajstić information content (AvgIpc) is 1.79. The lowest BCUT2D eigenvalue weighted by molar-refractivity contribution is 0.0269. The van der Waals surface area contributed by atoms with Crippen LogP contribution in [0, 0.1) is 0 Å². The number of rotatable bonds is 3. The number of hydrogen-bond acceptors (Lipinski definition) is 5. The highest BCUT2D eigenvalue weighted by atomic mass is 32.2. The Balaban J connectivity index is 2.15. The molecule has 0 aromatic rings. The zero-order chi connectivity index (χ0) is 9.90. The second-order valence-electron chi connectivity index (χ2n) is 2.69. The number of amides is 1. The number of nitrogens with zero attached hydrogens (tertiary/aromatic N) is 1. The number of carbonyl (C=O) groups is 1. The third kappa shape index (κ3) is 3.60. The van der Waals surface area contributed by atoms with Crippen LogP contribution in [0.3, 0.4) is 0 Å². The van der Waals surface area contributed by atoms with Crippen LogP contribution in [0.1, 0.15) is 6.42 Å². The van der Waals surface area contributed by atoms with Gasteiger partial charge in [-0.05, 0) is 6.42 Å². The van der Waals surface area contributed by atoms with E-state index in [1.165, 1.54) is 4.90 Å². The third-order valence-corrected chi connectivity index (χ3v) is 2.08. The minimum atomic E-state index is -3.53. The molecule has 0 aromatic heterocycles. The van der Waals surface area contributed by atoms with Gasteiger partial charge in [0.2, 0.25) is 6.79 Å². The molecule has 1 aliphatic heterocycles. The molecule has 76 valence electrons. The fraction of sp³-hybridized carbons (Fsp3) is 0.833. The lowest BCUT2D eigenvalue weighted by Gasteiger charge is -2.29. The van der Waals surface area contributed by atoms with E-state index < -0.39 is 23.0 Å². The summed E-state index contributed by atoms with van der Waals surface area (Å²) in [6.07, 6.45) is 1.32. The quantitative estimate of drug-likeness (QED) is 0.474. The van der Waals surface area contributed by atoms with Crippen molar-refractivity contribution in [1.29, 1.82) is 0 Å². The fourth-order valence-corrected chi connectivity index (χ4v) is 0.975. The Labute approximate surface area is 76.5 Å². The third-order valence-electron chi connectivity index (χ3n) is 1.56. The summed E-state index contributed by atoms with van der Waals surface area (Å²) in [4.78, 5) is 12.4. The average molecular weight is 209 g/mol. The van der Waals surface area contributed by atoms with E-state index in [0.29, 0.717) is 13.1 Å². The fourth-order valence-electron chi connectivity index (χ4n) is 0.752. The molecule has 0 unspecified atom stereocenters. The van der Waals surface area contributed by atoms with Gasteiger partial charge in [0.25, 0.3) is 10.1 Å². The van der Waals surface area contributed by atoms with Gasteiger partial charge in [-0.15, -0.1) is 0 Å². The first-order valence-corrected chi connectivity index (χ1v) is 5.57. The monoisotopic (exact) mass is 209 g/mol. The summed E-state index contributed by atoms with van der Waals surface area (Å²) < 4.78 is 29.6. The summed E-state index contributed by atoms with van der Waals surface area (Å²) in [6.45, 7) is 0.781. The molecule has 7 heteroatoms. The number of hydrogen-bond donors (Lipinski definition) is 0. The largest absolute Gasteiger partial charge is 0.421 e. The number of likely N-dealkylation sites (tertiary alicyclic amines) is 1. The van der Waals surface area contributed by atoms with Crippen LogP contribution in [0.15, 0.2) is 0 Å². The van der Waals surface area contributed by atoms with Crippen LogP contribution in [0.4, 0.5) is 4.79 Å². The molecule has 0 radical (unpaired) electrons. The molecule has 1 heterocycles. The molecular weight excluding hydrogens is 198 g/mol. The Morgan fingerprint density at radius 2 is 2.08 bits per heavy atom. The molecular formula is C6H11NO5S. The lowest BCUT2D eigenvalue weighted by Crippen LogP contribution is -2.42. The Kier molecular flexibility index (Phi) is 3.10. The highest BCUT2D eigenvalue weighted by molar-refractivity contribution is 7.85. The van der Waals surface area contributed by atoms with Gasteiger partial charge < -0.3 is 9.64 Å². The standard InChI is InChI=1S/C6H11NO5S/c1-13(9,10)12-5-11-6(8)7-3-2-4-7/h2-5H2,1H3. The van der Waals surface area contributed by atoms with E-state index in [1.54, 1.807) is 0 Å². The van der Waals surface area contributed by atoms with Gasteiger partial charge in [-0.3, -0.25) is 0 Å². The minimum absolute atomic E-state index is 0.532. The zero-order valence-corrected chi connectivity index (χ0v) is 8.04. The number of carbonyl (C=O) groups excluding carboxylic acids is 1. The first-order valence-electron chi connectivity index (χ1n) is 3.75. The molecule has 13 heavy (non-hydrogen) atoms. The molecule has 1 aliphatic rings. The highest BCUT2D eigenvalue weighted by Gasteiger charge is 2.21. The molecule has 0 spiro atoms. The molecule has 0 N–H and O–H groups in total. The van der Waals surface area contributed by atoms with E-state index >= 15 is 0 Å². The van der Waals surface area contributed by atoms with Gasteiger partial charge in [0, 0.05) is 13.1 Å². The summed E-state index contributed by atoms with van der Waals surface area (Å²) in [5.41, 5.74) is 0. The SMILES string of the molecule is CS(=O)(=O)OCOC(=O)N1CCC1. The van der Waals surface area contributed by atoms with Crippen molar-refractivity contribution in [2.24, 2.45) is 0 Å². The van der Waals surface area contributed by atoms with Crippen molar-refractivity contribution < 1.29 is 22.1 Å². The van der Waals surface area contributed by atoms with Gasteiger partial charge in [-0.25, -0.2) is 8.98 Å². The van der Waals surface area contributed by atoms with Gasteiger partial charge in [0.05, 0.1) is 6.26 Å². The molecule has 0 bridgehead atoms. The Hall–Kier alpha value is -0.820. The van der Waals surface area contributed by atoms with E-state index in [2.05, 4.69) is 8.92 Å². The van der Waals surface area contributed by atoms with E-state index in [4.69, 9.17) is 0 Å². The number of ether oxygens (including phenoxy) is 1. The van der Waals surface area contributed by atoms with Crippen molar-refractivity contribution in [1.82, 2.24) is 4.90 Å². The van der Waals surface area contributed by atoms with Gasteiger partial charge >= 0.3 is 6.09 Å². The predicted octanol–water partition coefficient (Wildman–Crippen LogP) is -0.238. The van der Waals surface area contributed by atoms with Crippen LogP contribution >= 0.6 is 0 Å². The van der Waals surface area contributed by atoms with Crippen molar-refractivity contribution in [2.45, 2.75) is 6.42 Å². The van der Waals surface area contributed by atoms with Gasteiger partial charge in [-0.2, -0.15) is 8.42 Å². The molecule has 0 saturated carbocycles. The minimum Gasteiger partial charge on any atom is -0.421 e. The first-order chi connectivity index (χ1) is 5.99. The second-order valence-corrected chi connectivity index (χ2v) is 4.33.